The predicted octanol–water partition coefficient (Wildman–Crippen LogP) is 0.849. The van der Waals surface area contributed by atoms with Crippen molar-refractivity contribution in [2.45, 2.75) is 31.1 Å². The van der Waals surface area contributed by atoms with Crippen molar-refractivity contribution < 1.29 is 26.8 Å². The topological polar surface area (TPSA) is 74.3 Å². The summed E-state index contributed by atoms with van der Waals surface area (Å²) >= 11 is 0. The highest BCUT2D eigenvalue weighted by atomic mass is 32.2. The van der Waals surface area contributed by atoms with Crippen LogP contribution in [-0.2, 0) is 35.1 Å². The van der Waals surface area contributed by atoms with Crippen molar-refractivity contribution in [2.75, 3.05) is 34.1 Å². The minimum atomic E-state index is -3.63. The second-order valence-corrected chi connectivity index (χ2v) is 7.60. The lowest BCUT2D eigenvalue weighted by molar-refractivity contribution is -0.152. The summed E-state index contributed by atoms with van der Waals surface area (Å²) in [5, 5.41) is 0. The SMILES string of the molecule is CO[C@@H]1O[C@H](COCc2ccccc2)[C@@H](N(C)C)[C@@H]1OS(C)(=O)=O. The summed E-state index contributed by atoms with van der Waals surface area (Å²) in [6.07, 6.45) is -0.853. The zero-order valence-electron chi connectivity index (χ0n) is 14.4. The fourth-order valence-electron chi connectivity index (χ4n) is 2.83. The Morgan fingerprint density at radius 1 is 1.21 bits per heavy atom. The predicted molar refractivity (Wildman–Crippen MR) is 89.0 cm³/mol. The molecule has 1 aliphatic heterocycles. The van der Waals surface area contributed by atoms with Crippen LogP contribution < -0.4 is 0 Å². The Morgan fingerprint density at radius 3 is 2.42 bits per heavy atom. The van der Waals surface area contributed by atoms with Crippen LogP contribution in [0.2, 0.25) is 0 Å². The van der Waals surface area contributed by atoms with Crippen LogP contribution in [0, 0.1) is 0 Å². The first-order valence-corrected chi connectivity index (χ1v) is 9.48. The number of ether oxygens (including phenoxy) is 3. The van der Waals surface area contributed by atoms with Gasteiger partial charge in [-0.15, -0.1) is 0 Å². The average molecular weight is 359 g/mol. The quantitative estimate of drug-likeness (QED) is 0.637. The van der Waals surface area contributed by atoms with Crippen LogP contribution in [0.5, 0.6) is 0 Å². The molecular formula is C16H25NO6S. The van der Waals surface area contributed by atoms with Gasteiger partial charge in [0.05, 0.1) is 25.5 Å². The molecule has 7 nitrogen and oxygen atoms in total. The molecule has 1 fully saturated rings. The van der Waals surface area contributed by atoms with Gasteiger partial charge in [0.1, 0.15) is 12.2 Å². The molecule has 0 unspecified atom stereocenters. The van der Waals surface area contributed by atoms with Crippen molar-refractivity contribution in [1.29, 1.82) is 0 Å². The van der Waals surface area contributed by atoms with E-state index in [9.17, 15) is 8.42 Å². The molecule has 24 heavy (non-hydrogen) atoms. The van der Waals surface area contributed by atoms with Crippen LogP contribution in [0.25, 0.3) is 0 Å². The van der Waals surface area contributed by atoms with E-state index in [0.717, 1.165) is 11.8 Å². The number of nitrogens with zero attached hydrogens (tertiary/aromatic N) is 1. The standard InChI is InChI=1S/C16H25NO6S/c1-17(2)14-13(11-21-10-12-8-6-5-7-9-12)22-16(20-3)15(14)23-24(4,18)19/h5-9,13-16H,10-11H2,1-4H3/t13-,14-,15+,16-/m1/s1. The number of benzene rings is 1. The summed E-state index contributed by atoms with van der Waals surface area (Å²) in [5.41, 5.74) is 1.06. The molecule has 4 atom stereocenters. The maximum atomic E-state index is 11.5. The van der Waals surface area contributed by atoms with Gasteiger partial charge in [0.25, 0.3) is 10.1 Å². The van der Waals surface area contributed by atoms with Crippen molar-refractivity contribution in [2.24, 2.45) is 0 Å². The van der Waals surface area contributed by atoms with Gasteiger partial charge in [0.2, 0.25) is 0 Å². The van der Waals surface area contributed by atoms with Gasteiger partial charge in [0, 0.05) is 7.11 Å². The Bertz CT molecular complexity index is 606. The van der Waals surface area contributed by atoms with Gasteiger partial charge in [-0.2, -0.15) is 8.42 Å². The molecule has 0 radical (unpaired) electrons. The minimum absolute atomic E-state index is 0.305. The number of methoxy groups -OCH3 is 1. The van der Waals surface area contributed by atoms with Crippen LogP contribution in [-0.4, -0.2) is 71.9 Å². The van der Waals surface area contributed by atoms with Gasteiger partial charge in [-0.05, 0) is 19.7 Å². The molecule has 1 heterocycles. The highest BCUT2D eigenvalue weighted by molar-refractivity contribution is 7.86. The number of hydrogen-bond donors (Lipinski definition) is 0. The molecule has 0 aliphatic carbocycles. The summed E-state index contributed by atoms with van der Waals surface area (Å²) < 4.78 is 45.1. The molecule has 1 aliphatic rings. The van der Waals surface area contributed by atoms with E-state index in [1.165, 1.54) is 7.11 Å². The Morgan fingerprint density at radius 2 is 1.88 bits per heavy atom. The maximum absolute atomic E-state index is 11.5. The van der Waals surface area contributed by atoms with E-state index in [-0.39, 0.29) is 12.1 Å². The summed E-state index contributed by atoms with van der Waals surface area (Å²) in [4.78, 5) is 1.87. The second kappa shape index (κ2) is 8.37. The number of hydrogen-bond acceptors (Lipinski definition) is 7. The highest BCUT2D eigenvalue weighted by Gasteiger charge is 2.48. The lowest BCUT2D eigenvalue weighted by atomic mass is 10.1. The summed E-state index contributed by atoms with van der Waals surface area (Å²) in [6.45, 7) is 0.761. The Hall–Kier alpha value is -1.03. The molecule has 0 aromatic heterocycles. The van der Waals surface area contributed by atoms with E-state index in [4.69, 9.17) is 18.4 Å². The molecule has 1 aromatic rings. The van der Waals surface area contributed by atoms with E-state index in [1.807, 2.05) is 49.3 Å². The molecule has 2 rings (SSSR count). The summed E-state index contributed by atoms with van der Waals surface area (Å²) in [6, 6.07) is 9.50. The molecular weight excluding hydrogens is 334 g/mol. The largest absolute Gasteiger partial charge is 0.374 e. The number of rotatable bonds is 8. The summed E-state index contributed by atoms with van der Waals surface area (Å²) in [5.74, 6) is 0. The third kappa shape index (κ3) is 5.23. The van der Waals surface area contributed by atoms with Gasteiger partial charge in [0.15, 0.2) is 6.29 Å². The van der Waals surface area contributed by atoms with E-state index < -0.39 is 22.5 Å². The molecule has 0 bridgehead atoms. The first kappa shape index (κ1) is 19.3. The average Bonchev–Trinajstić information content (AvgIpc) is 2.84. The van der Waals surface area contributed by atoms with Gasteiger partial charge >= 0.3 is 0 Å². The van der Waals surface area contributed by atoms with Gasteiger partial charge < -0.3 is 19.1 Å². The molecule has 1 saturated heterocycles. The first-order valence-electron chi connectivity index (χ1n) is 7.66. The molecule has 0 spiro atoms. The van der Waals surface area contributed by atoms with Crippen LogP contribution in [0.3, 0.4) is 0 Å². The Balaban J connectivity index is 2.02. The van der Waals surface area contributed by atoms with Gasteiger partial charge in [-0.25, -0.2) is 0 Å². The maximum Gasteiger partial charge on any atom is 0.264 e. The van der Waals surface area contributed by atoms with Crippen LogP contribution >= 0.6 is 0 Å². The third-order valence-corrected chi connectivity index (χ3v) is 4.37. The van der Waals surface area contributed by atoms with Crippen molar-refractivity contribution in [3.63, 3.8) is 0 Å². The van der Waals surface area contributed by atoms with Crippen molar-refractivity contribution in [3.05, 3.63) is 35.9 Å². The zero-order valence-corrected chi connectivity index (χ0v) is 15.2. The van der Waals surface area contributed by atoms with Gasteiger partial charge in [-0.3, -0.25) is 4.18 Å². The molecule has 8 heteroatoms. The van der Waals surface area contributed by atoms with E-state index in [2.05, 4.69) is 0 Å². The fourth-order valence-corrected chi connectivity index (χ4v) is 3.44. The second-order valence-electron chi connectivity index (χ2n) is 6.00. The van der Waals surface area contributed by atoms with Crippen LogP contribution in [0.1, 0.15) is 5.56 Å². The fraction of sp³-hybridized carbons (Fsp3) is 0.625. The normalized spacial score (nSPS) is 27.7. The number of likely N-dealkylation sites (N-methyl/N-ethyl adjacent to an activating group) is 1. The molecule has 0 saturated carbocycles. The highest BCUT2D eigenvalue weighted by Crippen LogP contribution is 2.29. The van der Waals surface area contributed by atoms with Crippen molar-refractivity contribution in [1.82, 2.24) is 4.90 Å². The lowest BCUT2D eigenvalue weighted by Gasteiger charge is -2.28. The molecule has 0 N–H and O–H groups in total. The van der Waals surface area contributed by atoms with Crippen LogP contribution in [0.15, 0.2) is 30.3 Å². The van der Waals surface area contributed by atoms with Crippen LogP contribution in [0.4, 0.5) is 0 Å². The Labute approximate surface area is 143 Å². The molecule has 136 valence electrons. The monoisotopic (exact) mass is 359 g/mol. The summed E-state index contributed by atoms with van der Waals surface area (Å²) in [7, 11) is 1.51. The molecule has 0 amide bonds. The van der Waals surface area contributed by atoms with Gasteiger partial charge in [-0.1, -0.05) is 30.3 Å². The zero-order chi connectivity index (χ0) is 17.7. The smallest absolute Gasteiger partial charge is 0.264 e. The molecule has 1 aromatic carbocycles. The lowest BCUT2D eigenvalue weighted by Crippen LogP contribution is -2.47. The van der Waals surface area contributed by atoms with Crippen molar-refractivity contribution >= 4 is 10.1 Å². The van der Waals surface area contributed by atoms with Crippen molar-refractivity contribution in [3.8, 4) is 0 Å². The van der Waals surface area contributed by atoms with E-state index >= 15 is 0 Å². The minimum Gasteiger partial charge on any atom is -0.374 e. The van der Waals surface area contributed by atoms with E-state index in [1.54, 1.807) is 0 Å². The Kier molecular flexibility index (Phi) is 6.73. The van der Waals surface area contributed by atoms with E-state index in [0.29, 0.717) is 13.2 Å². The first-order chi connectivity index (χ1) is 11.3. The third-order valence-electron chi connectivity index (χ3n) is 3.80.